The molecule has 0 unspecified atom stereocenters. The number of rotatable bonds is 6. The Morgan fingerprint density at radius 1 is 1.10 bits per heavy atom. The fourth-order valence-electron chi connectivity index (χ4n) is 4.45. The van der Waals surface area contributed by atoms with Gasteiger partial charge in [-0.2, -0.15) is 0 Å². The monoisotopic (exact) mass is 434 g/mol. The second-order valence-corrected chi connectivity index (χ2v) is 8.86. The third-order valence-electron chi connectivity index (χ3n) is 6.37. The van der Waals surface area contributed by atoms with Gasteiger partial charge >= 0.3 is 12.1 Å². The molecule has 0 bridgehead atoms. The maximum absolute atomic E-state index is 13.0. The van der Waals surface area contributed by atoms with E-state index in [1.54, 1.807) is 13.8 Å². The Bertz CT molecular complexity index is 862. The summed E-state index contributed by atoms with van der Waals surface area (Å²) in [5.41, 5.74) is 9.89. The number of hydrogen-bond donors (Lipinski definition) is 3. The van der Waals surface area contributed by atoms with Gasteiger partial charge in [0.2, 0.25) is 0 Å². The van der Waals surface area contributed by atoms with Gasteiger partial charge in [0, 0.05) is 19.1 Å². The van der Waals surface area contributed by atoms with Gasteiger partial charge in [0.25, 0.3) is 17.7 Å². The van der Waals surface area contributed by atoms with Crippen molar-refractivity contribution in [3.8, 4) is 0 Å². The molecule has 3 fully saturated rings. The van der Waals surface area contributed by atoms with Crippen LogP contribution in [0.2, 0.25) is 0 Å². The van der Waals surface area contributed by atoms with E-state index in [9.17, 15) is 24.0 Å². The van der Waals surface area contributed by atoms with Crippen LogP contribution in [0, 0.1) is 5.92 Å². The molecule has 3 aliphatic rings. The molecular weight excluding hydrogens is 404 g/mol. The summed E-state index contributed by atoms with van der Waals surface area (Å²) in [6.45, 7) is 5.79. The molecule has 170 valence electrons. The van der Waals surface area contributed by atoms with Crippen molar-refractivity contribution in [2.75, 3.05) is 13.1 Å². The molecule has 2 atom stereocenters. The van der Waals surface area contributed by atoms with Gasteiger partial charge in [-0.25, -0.2) is 9.59 Å². The first-order chi connectivity index (χ1) is 14.5. The second kappa shape index (κ2) is 8.20. The van der Waals surface area contributed by atoms with Crippen LogP contribution in [0.1, 0.15) is 52.9 Å². The second-order valence-electron chi connectivity index (χ2n) is 8.86. The summed E-state index contributed by atoms with van der Waals surface area (Å²) in [5.74, 6) is -2.30. The minimum absolute atomic E-state index is 0.00843. The first kappa shape index (κ1) is 22.6. The van der Waals surface area contributed by atoms with Crippen LogP contribution < -0.4 is 16.8 Å². The molecule has 0 aromatic heterocycles. The van der Waals surface area contributed by atoms with Gasteiger partial charge in [0.15, 0.2) is 0 Å². The Morgan fingerprint density at radius 3 is 2.32 bits per heavy atom. The van der Waals surface area contributed by atoms with E-state index in [2.05, 4.69) is 5.32 Å². The minimum atomic E-state index is -0.959. The van der Waals surface area contributed by atoms with Crippen LogP contribution in [0.15, 0.2) is 11.4 Å². The van der Waals surface area contributed by atoms with E-state index < -0.39 is 41.3 Å². The van der Waals surface area contributed by atoms with Crippen molar-refractivity contribution in [2.24, 2.45) is 17.4 Å². The van der Waals surface area contributed by atoms with Crippen LogP contribution in [-0.2, 0) is 14.4 Å². The third-order valence-corrected chi connectivity index (χ3v) is 6.37. The number of nitrogens with two attached hydrogens (primary N) is 2. The van der Waals surface area contributed by atoms with Gasteiger partial charge in [-0.15, -0.1) is 0 Å². The number of hydrogen-bond acceptors (Lipinski definition) is 7. The van der Waals surface area contributed by atoms with E-state index in [4.69, 9.17) is 11.5 Å². The van der Waals surface area contributed by atoms with Crippen molar-refractivity contribution >= 4 is 29.8 Å². The molecule has 31 heavy (non-hydrogen) atoms. The highest BCUT2D eigenvalue weighted by Crippen LogP contribution is 2.35. The first-order valence-electron chi connectivity index (χ1n) is 10.6. The van der Waals surface area contributed by atoms with Gasteiger partial charge in [0.1, 0.15) is 16.9 Å². The molecule has 11 nitrogen and oxygen atoms in total. The number of nitrogens with zero attached hydrogens (tertiary/aromatic N) is 3. The average Bonchev–Trinajstić information content (AvgIpc) is 3.20. The summed E-state index contributed by atoms with van der Waals surface area (Å²) in [7, 11) is 0. The molecule has 0 spiro atoms. The van der Waals surface area contributed by atoms with Crippen molar-refractivity contribution in [3.05, 3.63) is 11.4 Å². The predicted octanol–water partition coefficient (Wildman–Crippen LogP) is 0.205. The smallest absolute Gasteiger partial charge is 0.334 e. The Balaban J connectivity index is 1.78. The quantitative estimate of drug-likeness (QED) is 0.306. The molecule has 0 aromatic carbocycles. The van der Waals surface area contributed by atoms with Crippen LogP contribution in [0.25, 0.3) is 0 Å². The standard InChI is InChI=1S/C20H30N6O5/c1-4-5-8-24-15(27)13(14(21)22)16(28)26(19(24)31)12-7-6-11(9-12)10-25-18(30)23-17(29)20(25,2)3/h11-12H,4-10,21-22H2,1-3H3,(H,23,29,30)/t11-,12+/m0/s1. The highest BCUT2D eigenvalue weighted by molar-refractivity contribution is 6.29. The third kappa shape index (κ3) is 3.84. The Morgan fingerprint density at radius 2 is 1.77 bits per heavy atom. The number of imide groups is 3. The molecule has 11 heteroatoms. The summed E-state index contributed by atoms with van der Waals surface area (Å²) >= 11 is 0. The largest absolute Gasteiger partial charge is 0.385 e. The van der Waals surface area contributed by atoms with E-state index in [1.807, 2.05) is 6.92 Å². The van der Waals surface area contributed by atoms with E-state index in [0.29, 0.717) is 32.2 Å². The summed E-state index contributed by atoms with van der Waals surface area (Å²) in [6.07, 6.45) is 3.01. The van der Waals surface area contributed by atoms with Crippen molar-refractivity contribution in [1.29, 1.82) is 0 Å². The topological polar surface area (TPSA) is 159 Å². The predicted molar refractivity (Wildman–Crippen MR) is 110 cm³/mol. The lowest BCUT2D eigenvalue weighted by Gasteiger charge is -2.37. The lowest BCUT2D eigenvalue weighted by molar-refractivity contribution is -0.137. The van der Waals surface area contributed by atoms with E-state index in [0.717, 1.165) is 16.2 Å². The number of barbiturate groups is 1. The van der Waals surface area contributed by atoms with E-state index >= 15 is 0 Å². The number of carbonyl (C=O) groups excluding carboxylic acids is 5. The SMILES string of the molecule is CCCCN1C(=O)C(=C(N)N)C(=O)N([C@@H]2CC[C@H](CN3C(=O)NC(=O)C3(C)C)C2)C1=O. The fourth-order valence-corrected chi connectivity index (χ4v) is 4.45. The molecule has 1 saturated carbocycles. The van der Waals surface area contributed by atoms with Gasteiger partial charge in [-0.3, -0.25) is 29.5 Å². The molecule has 0 radical (unpaired) electrons. The maximum Gasteiger partial charge on any atom is 0.334 e. The highest BCUT2D eigenvalue weighted by Gasteiger charge is 2.50. The zero-order valence-electron chi connectivity index (χ0n) is 18.1. The lowest BCUT2D eigenvalue weighted by Crippen LogP contribution is -2.60. The Hall–Kier alpha value is -3.11. The maximum atomic E-state index is 13.0. The van der Waals surface area contributed by atoms with Gasteiger partial charge in [-0.1, -0.05) is 13.3 Å². The summed E-state index contributed by atoms with van der Waals surface area (Å²) in [4.78, 5) is 66.4. The minimum Gasteiger partial charge on any atom is -0.385 e. The van der Waals surface area contributed by atoms with Gasteiger partial charge in [-0.05, 0) is 45.4 Å². The van der Waals surface area contributed by atoms with Crippen LogP contribution in [-0.4, -0.2) is 69.2 Å². The first-order valence-corrected chi connectivity index (χ1v) is 10.6. The number of carbonyl (C=O) groups is 5. The van der Waals surface area contributed by atoms with E-state index in [1.165, 1.54) is 4.90 Å². The van der Waals surface area contributed by atoms with Crippen molar-refractivity contribution in [1.82, 2.24) is 20.0 Å². The normalized spacial score (nSPS) is 26.2. The molecule has 3 rings (SSSR count). The molecule has 5 N–H and O–H groups in total. The zero-order valence-corrected chi connectivity index (χ0v) is 18.1. The van der Waals surface area contributed by atoms with Crippen LogP contribution in [0.4, 0.5) is 9.59 Å². The molecule has 2 saturated heterocycles. The van der Waals surface area contributed by atoms with Crippen molar-refractivity contribution < 1.29 is 24.0 Å². The highest BCUT2D eigenvalue weighted by atomic mass is 16.2. The lowest BCUT2D eigenvalue weighted by atomic mass is 10.0. The Labute approximate surface area is 180 Å². The molecular formula is C20H30N6O5. The summed E-state index contributed by atoms with van der Waals surface area (Å²) in [5, 5.41) is 2.32. The zero-order chi connectivity index (χ0) is 23.1. The molecule has 2 heterocycles. The van der Waals surface area contributed by atoms with Crippen LogP contribution in [0.3, 0.4) is 0 Å². The van der Waals surface area contributed by atoms with Crippen LogP contribution in [0.5, 0.6) is 0 Å². The van der Waals surface area contributed by atoms with Gasteiger partial charge < -0.3 is 16.4 Å². The van der Waals surface area contributed by atoms with Crippen molar-refractivity contribution in [3.63, 3.8) is 0 Å². The van der Waals surface area contributed by atoms with E-state index in [-0.39, 0.29) is 23.9 Å². The number of amides is 7. The number of nitrogens with one attached hydrogen (secondary N) is 1. The Kier molecular flexibility index (Phi) is 5.97. The van der Waals surface area contributed by atoms with Crippen LogP contribution >= 0.6 is 0 Å². The fraction of sp³-hybridized carbons (Fsp3) is 0.650. The molecule has 7 amide bonds. The molecule has 0 aromatic rings. The van der Waals surface area contributed by atoms with Crippen molar-refractivity contribution in [2.45, 2.75) is 64.5 Å². The molecule has 2 aliphatic heterocycles. The summed E-state index contributed by atoms with van der Waals surface area (Å²) < 4.78 is 0. The number of urea groups is 2. The average molecular weight is 434 g/mol. The molecule has 1 aliphatic carbocycles. The number of unbranched alkanes of at least 4 members (excludes halogenated alkanes) is 1. The van der Waals surface area contributed by atoms with Gasteiger partial charge in [0.05, 0.1) is 0 Å². The summed E-state index contributed by atoms with van der Waals surface area (Å²) in [6, 6.07) is -1.55.